The molecule has 0 aliphatic carbocycles. The van der Waals surface area contributed by atoms with Crippen molar-refractivity contribution < 1.29 is 9.59 Å². The molecule has 28 heavy (non-hydrogen) atoms. The smallest absolute Gasteiger partial charge is 0.243 e. The number of likely N-dealkylation sites (N-methyl/N-ethyl adjacent to an activating group) is 1. The Balaban J connectivity index is 1.56. The van der Waals surface area contributed by atoms with E-state index in [-0.39, 0.29) is 24.3 Å². The number of aromatic nitrogens is 2. The third kappa shape index (κ3) is 5.11. The predicted octanol–water partition coefficient (Wildman–Crippen LogP) is 3.10. The van der Waals surface area contributed by atoms with Gasteiger partial charge < -0.3 is 15.1 Å². The van der Waals surface area contributed by atoms with Crippen LogP contribution < -0.4 is 10.2 Å². The highest BCUT2D eigenvalue weighted by Gasteiger charge is 2.29. The zero-order valence-corrected chi connectivity index (χ0v) is 17.0. The number of carbonyl (C=O) groups excluding carboxylic acids is 2. The summed E-state index contributed by atoms with van der Waals surface area (Å²) in [5, 5.41) is 3.50. The van der Waals surface area contributed by atoms with Gasteiger partial charge in [-0.25, -0.2) is 4.98 Å². The number of nitrogens with one attached hydrogen (secondary N) is 1. The summed E-state index contributed by atoms with van der Waals surface area (Å²) in [5.74, 6) is 0.229. The lowest BCUT2D eigenvalue weighted by Gasteiger charge is -2.34. The van der Waals surface area contributed by atoms with Crippen molar-refractivity contribution in [3.05, 3.63) is 46.8 Å². The zero-order valence-electron chi connectivity index (χ0n) is 15.4. The highest BCUT2D eigenvalue weighted by atomic mass is 35.5. The fourth-order valence-electron chi connectivity index (χ4n) is 3.22. The Morgan fingerprint density at radius 3 is 2.82 bits per heavy atom. The second-order valence-corrected chi connectivity index (χ2v) is 7.53. The van der Waals surface area contributed by atoms with Crippen molar-refractivity contribution in [1.29, 1.82) is 0 Å². The molecule has 0 spiro atoms. The molecule has 7 nitrogen and oxygen atoms in total. The molecule has 1 aromatic carbocycles. The van der Waals surface area contributed by atoms with E-state index in [2.05, 4.69) is 20.2 Å². The first-order valence-electron chi connectivity index (χ1n) is 8.95. The van der Waals surface area contributed by atoms with E-state index in [1.807, 2.05) is 0 Å². The minimum absolute atomic E-state index is 0.0410. The lowest BCUT2D eigenvalue weighted by molar-refractivity contribution is -0.137. The molecule has 2 amide bonds. The number of halogens is 2. The molecule has 148 valence electrons. The van der Waals surface area contributed by atoms with Gasteiger partial charge in [-0.1, -0.05) is 23.2 Å². The number of anilines is 2. The number of piperidine rings is 1. The Labute approximate surface area is 173 Å². The molecule has 9 heteroatoms. The first-order chi connectivity index (χ1) is 13.4. The largest absolute Gasteiger partial charge is 0.355 e. The van der Waals surface area contributed by atoms with Gasteiger partial charge in [-0.2, -0.15) is 0 Å². The molecule has 1 aromatic heterocycles. The second kappa shape index (κ2) is 9.21. The van der Waals surface area contributed by atoms with Crippen molar-refractivity contribution in [3.8, 4) is 0 Å². The van der Waals surface area contributed by atoms with E-state index in [1.54, 1.807) is 43.8 Å². The fraction of sp³-hybridized carbons (Fsp3) is 0.368. The highest BCUT2D eigenvalue weighted by molar-refractivity contribution is 6.42. The lowest BCUT2D eigenvalue weighted by atomic mass is 9.96. The van der Waals surface area contributed by atoms with Crippen molar-refractivity contribution >= 4 is 46.5 Å². The summed E-state index contributed by atoms with van der Waals surface area (Å²) in [6.45, 7) is 1.36. The monoisotopic (exact) mass is 421 g/mol. The lowest BCUT2D eigenvalue weighted by Crippen LogP contribution is -2.45. The molecular formula is C19H21Cl2N5O2. The summed E-state index contributed by atoms with van der Waals surface area (Å²) in [6, 6.07) is 4.84. The third-order valence-corrected chi connectivity index (χ3v) is 5.34. The minimum atomic E-state index is -0.296. The maximum Gasteiger partial charge on any atom is 0.243 e. The van der Waals surface area contributed by atoms with Gasteiger partial charge in [-0.15, -0.1) is 0 Å². The van der Waals surface area contributed by atoms with E-state index in [4.69, 9.17) is 23.2 Å². The van der Waals surface area contributed by atoms with E-state index >= 15 is 0 Å². The fourth-order valence-corrected chi connectivity index (χ4v) is 3.52. The third-order valence-electron chi connectivity index (χ3n) is 4.60. The SMILES string of the molecule is CN(CC(=O)Nc1ccc(Cl)c(Cl)c1)C(=O)[C@H]1CCCN(c2cnccn2)C1. The summed E-state index contributed by atoms with van der Waals surface area (Å²) < 4.78 is 0. The minimum Gasteiger partial charge on any atom is -0.355 e. The number of amides is 2. The molecule has 0 saturated carbocycles. The van der Waals surface area contributed by atoms with Crippen LogP contribution >= 0.6 is 23.2 Å². The van der Waals surface area contributed by atoms with Crippen LogP contribution in [0.3, 0.4) is 0 Å². The molecule has 1 aliphatic rings. The number of carbonyl (C=O) groups is 2. The van der Waals surface area contributed by atoms with Crippen LogP contribution in [0.4, 0.5) is 11.5 Å². The van der Waals surface area contributed by atoms with E-state index < -0.39 is 0 Å². The van der Waals surface area contributed by atoms with Crippen LogP contribution in [0.25, 0.3) is 0 Å². The van der Waals surface area contributed by atoms with Crippen LogP contribution in [0.15, 0.2) is 36.8 Å². The Morgan fingerprint density at radius 2 is 2.11 bits per heavy atom. The first-order valence-corrected chi connectivity index (χ1v) is 9.70. The topological polar surface area (TPSA) is 78.4 Å². The molecule has 0 radical (unpaired) electrons. The zero-order chi connectivity index (χ0) is 20.1. The number of hydrogen-bond donors (Lipinski definition) is 1. The van der Waals surface area contributed by atoms with Crippen molar-refractivity contribution in [1.82, 2.24) is 14.9 Å². The summed E-state index contributed by atoms with van der Waals surface area (Å²) in [7, 11) is 1.64. The molecule has 1 N–H and O–H groups in total. The van der Waals surface area contributed by atoms with Gasteiger partial charge in [0.2, 0.25) is 11.8 Å². The van der Waals surface area contributed by atoms with Crippen LogP contribution in [-0.4, -0.2) is 53.4 Å². The molecular weight excluding hydrogens is 401 g/mol. The molecule has 3 rings (SSSR count). The molecule has 0 unspecified atom stereocenters. The number of benzene rings is 1. The normalized spacial score (nSPS) is 16.5. The predicted molar refractivity (Wildman–Crippen MR) is 110 cm³/mol. The highest BCUT2D eigenvalue weighted by Crippen LogP contribution is 2.25. The van der Waals surface area contributed by atoms with E-state index in [1.165, 1.54) is 4.90 Å². The molecule has 1 aliphatic heterocycles. The van der Waals surface area contributed by atoms with Gasteiger partial charge in [0.05, 0.1) is 28.7 Å². The average Bonchev–Trinajstić information content (AvgIpc) is 2.71. The van der Waals surface area contributed by atoms with Crippen LogP contribution in [-0.2, 0) is 9.59 Å². The van der Waals surface area contributed by atoms with Gasteiger partial charge in [0, 0.05) is 38.2 Å². The molecule has 1 saturated heterocycles. The quantitative estimate of drug-likeness (QED) is 0.801. The maximum absolute atomic E-state index is 12.8. The van der Waals surface area contributed by atoms with Crippen molar-refractivity contribution in [2.24, 2.45) is 5.92 Å². The van der Waals surface area contributed by atoms with Crippen molar-refractivity contribution in [3.63, 3.8) is 0 Å². The number of hydrogen-bond acceptors (Lipinski definition) is 5. The number of nitrogens with zero attached hydrogens (tertiary/aromatic N) is 4. The van der Waals surface area contributed by atoms with Gasteiger partial charge in [0.25, 0.3) is 0 Å². The number of rotatable bonds is 5. The molecule has 2 aromatic rings. The Kier molecular flexibility index (Phi) is 6.70. The van der Waals surface area contributed by atoms with Crippen LogP contribution in [0.5, 0.6) is 0 Å². The Morgan fingerprint density at radius 1 is 1.29 bits per heavy atom. The summed E-state index contributed by atoms with van der Waals surface area (Å²) in [5.41, 5.74) is 0.534. The Hall–Kier alpha value is -2.38. The second-order valence-electron chi connectivity index (χ2n) is 6.72. The Bertz CT molecular complexity index is 849. The average molecular weight is 422 g/mol. The van der Waals surface area contributed by atoms with Gasteiger partial charge in [-0.3, -0.25) is 14.6 Å². The maximum atomic E-state index is 12.8. The summed E-state index contributed by atoms with van der Waals surface area (Å²) in [6.07, 6.45) is 6.63. The van der Waals surface area contributed by atoms with Gasteiger partial charge in [0.1, 0.15) is 5.82 Å². The van der Waals surface area contributed by atoms with Gasteiger partial charge in [0.15, 0.2) is 0 Å². The molecule has 2 heterocycles. The van der Waals surface area contributed by atoms with E-state index in [0.717, 1.165) is 25.2 Å². The van der Waals surface area contributed by atoms with Crippen LogP contribution in [0.2, 0.25) is 10.0 Å². The summed E-state index contributed by atoms with van der Waals surface area (Å²) in [4.78, 5) is 37.0. The van der Waals surface area contributed by atoms with E-state index in [9.17, 15) is 9.59 Å². The summed E-state index contributed by atoms with van der Waals surface area (Å²) >= 11 is 11.8. The van der Waals surface area contributed by atoms with Crippen LogP contribution in [0, 0.1) is 5.92 Å². The van der Waals surface area contributed by atoms with Crippen LogP contribution in [0.1, 0.15) is 12.8 Å². The molecule has 1 atom stereocenters. The van der Waals surface area contributed by atoms with Gasteiger partial charge in [-0.05, 0) is 31.0 Å². The van der Waals surface area contributed by atoms with E-state index in [0.29, 0.717) is 22.3 Å². The first kappa shape index (κ1) is 20.4. The van der Waals surface area contributed by atoms with Crippen molar-refractivity contribution in [2.75, 3.05) is 36.9 Å². The molecule has 1 fully saturated rings. The van der Waals surface area contributed by atoms with Crippen molar-refractivity contribution in [2.45, 2.75) is 12.8 Å². The molecule has 0 bridgehead atoms. The standard InChI is InChI=1S/C19H21Cl2N5O2/c1-25(12-18(27)24-14-4-5-15(20)16(21)9-14)19(28)13-3-2-8-26(11-13)17-10-22-6-7-23-17/h4-7,9-10,13H,2-3,8,11-12H2,1H3,(H,24,27)/t13-/m0/s1. The van der Waals surface area contributed by atoms with Gasteiger partial charge >= 0.3 is 0 Å².